The predicted molar refractivity (Wildman–Crippen MR) is 82.9 cm³/mol. The number of nitrogens with zero attached hydrogens (tertiary/aromatic N) is 1. The molecule has 1 aromatic carbocycles. The highest BCUT2D eigenvalue weighted by atomic mass is 16.5. The van der Waals surface area contributed by atoms with Crippen molar-refractivity contribution in [2.45, 2.75) is 52.7 Å². The average Bonchev–Trinajstić information content (AvgIpc) is 2.45. The van der Waals surface area contributed by atoms with Crippen LogP contribution in [0.3, 0.4) is 0 Å². The molecule has 4 heteroatoms. The fourth-order valence-corrected chi connectivity index (χ4v) is 1.88. The molecule has 0 aromatic heterocycles. The van der Waals surface area contributed by atoms with E-state index in [0.29, 0.717) is 17.2 Å². The first kappa shape index (κ1) is 17.0. The summed E-state index contributed by atoms with van der Waals surface area (Å²) in [5.74, 6) is 1.11. The van der Waals surface area contributed by atoms with Crippen LogP contribution in [0.2, 0.25) is 0 Å². The Morgan fingerprint density at radius 2 is 1.81 bits per heavy atom. The molecular formula is C17H24N2O2. The minimum atomic E-state index is -0.556. The van der Waals surface area contributed by atoms with E-state index in [9.17, 15) is 4.79 Å². The van der Waals surface area contributed by atoms with E-state index in [1.54, 1.807) is 31.2 Å². The van der Waals surface area contributed by atoms with Gasteiger partial charge in [-0.15, -0.1) is 0 Å². The van der Waals surface area contributed by atoms with Crippen LogP contribution in [-0.2, 0) is 4.79 Å². The van der Waals surface area contributed by atoms with E-state index in [-0.39, 0.29) is 11.9 Å². The second-order valence-corrected chi connectivity index (χ2v) is 5.78. The van der Waals surface area contributed by atoms with E-state index in [0.717, 1.165) is 12.8 Å². The Bertz CT molecular complexity index is 489. The van der Waals surface area contributed by atoms with Crippen LogP contribution < -0.4 is 10.1 Å². The van der Waals surface area contributed by atoms with Gasteiger partial charge in [-0.1, -0.05) is 13.8 Å². The number of carbonyl (C=O) groups is 1. The largest absolute Gasteiger partial charge is 0.481 e. The summed E-state index contributed by atoms with van der Waals surface area (Å²) in [4.78, 5) is 12.0. The molecule has 0 aliphatic heterocycles. The summed E-state index contributed by atoms with van der Waals surface area (Å²) >= 11 is 0. The Morgan fingerprint density at radius 3 is 2.33 bits per heavy atom. The summed E-state index contributed by atoms with van der Waals surface area (Å²) in [6.45, 7) is 8.08. The zero-order valence-corrected chi connectivity index (χ0v) is 13.2. The monoisotopic (exact) mass is 288 g/mol. The van der Waals surface area contributed by atoms with E-state index in [4.69, 9.17) is 10.00 Å². The van der Waals surface area contributed by atoms with Crippen LogP contribution in [0.5, 0.6) is 5.75 Å². The smallest absolute Gasteiger partial charge is 0.260 e. The van der Waals surface area contributed by atoms with Gasteiger partial charge in [0.2, 0.25) is 0 Å². The molecule has 4 nitrogen and oxygen atoms in total. The zero-order chi connectivity index (χ0) is 15.8. The number of hydrogen-bond donors (Lipinski definition) is 1. The molecule has 0 saturated carbocycles. The van der Waals surface area contributed by atoms with Crippen molar-refractivity contribution >= 4 is 5.91 Å². The molecule has 0 fully saturated rings. The van der Waals surface area contributed by atoms with Gasteiger partial charge in [0.1, 0.15) is 5.75 Å². The number of nitrogens with one attached hydrogen (secondary N) is 1. The molecule has 0 saturated heterocycles. The first-order valence-electron chi connectivity index (χ1n) is 7.39. The fourth-order valence-electron chi connectivity index (χ4n) is 1.88. The lowest BCUT2D eigenvalue weighted by atomic mass is 10.0. The van der Waals surface area contributed by atoms with Gasteiger partial charge in [0.15, 0.2) is 6.10 Å². The van der Waals surface area contributed by atoms with Crippen molar-refractivity contribution in [3.63, 3.8) is 0 Å². The Kier molecular flexibility index (Phi) is 6.74. The van der Waals surface area contributed by atoms with Gasteiger partial charge < -0.3 is 10.1 Å². The van der Waals surface area contributed by atoms with Crippen molar-refractivity contribution in [3.05, 3.63) is 29.8 Å². The maximum atomic E-state index is 12.0. The Balaban J connectivity index is 2.44. The van der Waals surface area contributed by atoms with Crippen molar-refractivity contribution in [2.24, 2.45) is 5.92 Å². The van der Waals surface area contributed by atoms with Crippen LogP contribution in [-0.4, -0.2) is 18.1 Å². The summed E-state index contributed by atoms with van der Waals surface area (Å²) in [6, 6.07) is 8.93. The fraction of sp³-hybridized carbons (Fsp3) is 0.529. The summed E-state index contributed by atoms with van der Waals surface area (Å²) < 4.78 is 5.58. The number of rotatable bonds is 7. The van der Waals surface area contributed by atoms with E-state index in [1.165, 1.54) is 0 Å². The van der Waals surface area contributed by atoms with E-state index < -0.39 is 6.10 Å². The molecule has 2 atom stereocenters. The molecule has 0 spiro atoms. The van der Waals surface area contributed by atoms with Crippen molar-refractivity contribution in [1.82, 2.24) is 5.32 Å². The highest BCUT2D eigenvalue weighted by Crippen LogP contribution is 2.14. The van der Waals surface area contributed by atoms with Crippen molar-refractivity contribution in [3.8, 4) is 11.8 Å². The number of ether oxygens (including phenoxy) is 1. The Labute approximate surface area is 127 Å². The highest BCUT2D eigenvalue weighted by Gasteiger charge is 2.17. The Morgan fingerprint density at radius 1 is 1.19 bits per heavy atom. The molecule has 0 aliphatic rings. The SMILES string of the molecule is CC(C)CCC(C)NC(=O)C(C)Oc1ccc(C#N)cc1. The number of benzene rings is 1. The highest BCUT2D eigenvalue weighted by molar-refractivity contribution is 5.80. The van der Waals surface area contributed by atoms with Crippen LogP contribution in [0.4, 0.5) is 0 Å². The van der Waals surface area contributed by atoms with Crippen LogP contribution in [0.1, 0.15) is 46.1 Å². The van der Waals surface area contributed by atoms with Crippen molar-refractivity contribution in [1.29, 1.82) is 5.26 Å². The van der Waals surface area contributed by atoms with E-state index in [1.807, 2.05) is 13.0 Å². The maximum absolute atomic E-state index is 12.0. The normalized spacial score (nSPS) is 13.3. The van der Waals surface area contributed by atoms with Gasteiger partial charge in [0.05, 0.1) is 11.6 Å². The zero-order valence-electron chi connectivity index (χ0n) is 13.2. The molecule has 2 unspecified atom stereocenters. The molecule has 0 bridgehead atoms. The second kappa shape index (κ2) is 8.31. The number of nitriles is 1. The van der Waals surface area contributed by atoms with E-state index in [2.05, 4.69) is 19.2 Å². The summed E-state index contributed by atoms with van der Waals surface area (Å²) in [6.07, 6.45) is 1.50. The van der Waals surface area contributed by atoms with Crippen LogP contribution >= 0.6 is 0 Å². The summed E-state index contributed by atoms with van der Waals surface area (Å²) in [7, 11) is 0. The van der Waals surface area contributed by atoms with Crippen LogP contribution in [0.25, 0.3) is 0 Å². The van der Waals surface area contributed by atoms with Gasteiger partial charge in [-0.3, -0.25) is 4.79 Å². The van der Waals surface area contributed by atoms with E-state index >= 15 is 0 Å². The first-order chi connectivity index (χ1) is 9.92. The van der Waals surface area contributed by atoms with Gasteiger partial charge in [0, 0.05) is 6.04 Å². The molecule has 1 amide bonds. The third-order valence-corrected chi connectivity index (χ3v) is 3.23. The van der Waals surface area contributed by atoms with Crippen LogP contribution in [0.15, 0.2) is 24.3 Å². The Hall–Kier alpha value is -2.02. The molecular weight excluding hydrogens is 264 g/mol. The lowest BCUT2D eigenvalue weighted by Crippen LogP contribution is -2.41. The van der Waals surface area contributed by atoms with Crippen molar-refractivity contribution < 1.29 is 9.53 Å². The van der Waals surface area contributed by atoms with Crippen molar-refractivity contribution in [2.75, 3.05) is 0 Å². The molecule has 0 aliphatic carbocycles. The second-order valence-electron chi connectivity index (χ2n) is 5.78. The minimum Gasteiger partial charge on any atom is -0.481 e. The number of hydrogen-bond acceptors (Lipinski definition) is 3. The molecule has 1 N–H and O–H groups in total. The van der Waals surface area contributed by atoms with Gasteiger partial charge in [-0.25, -0.2) is 0 Å². The number of carbonyl (C=O) groups excluding carboxylic acids is 1. The lowest BCUT2D eigenvalue weighted by Gasteiger charge is -2.19. The molecule has 0 heterocycles. The molecule has 114 valence electrons. The quantitative estimate of drug-likeness (QED) is 0.837. The maximum Gasteiger partial charge on any atom is 0.260 e. The topological polar surface area (TPSA) is 62.1 Å². The van der Waals surface area contributed by atoms with Gasteiger partial charge in [-0.2, -0.15) is 5.26 Å². The van der Waals surface area contributed by atoms with Crippen LogP contribution in [0, 0.1) is 17.2 Å². The average molecular weight is 288 g/mol. The molecule has 1 aromatic rings. The lowest BCUT2D eigenvalue weighted by molar-refractivity contribution is -0.127. The molecule has 0 radical (unpaired) electrons. The predicted octanol–water partition coefficient (Wildman–Crippen LogP) is 3.27. The third-order valence-electron chi connectivity index (χ3n) is 3.23. The third kappa shape index (κ3) is 6.31. The minimum absolute atomic E-state index is 0.115. The molecule has 1 rings (SSSR count). The molecule has 21 heavy (non-hydrogen) atoms. The summed E-state index contributed by atoms with van der Waals surface area (Å²) in [5, 5.41) is 11.7. The van der Waals surface area contributed by atoms with Gasteiger partial charge >= 0.3 is 0 Å². The van der Waals surface area contributed by atoms with Gasteiger partial charge in [0.25, 0.3) is 5.91 Å². The summed E-state index contributed by atoms with van der Waals surface area (Å²) in [5.41, 5.74) is 0.571. The standard InChI is InChI=1S/C17H24N2O2/c1-12(2)5-6-13(3)19-17(20)14(4)21-16-9-7-15(11-18)8-10-16/h7-10,12-14H,5-6H2,1-4H3,(H,19,20). The van der Waals surface area contributed by atoms with Gasteiger partial charge in [-0.05, 0) is 56.9 Å². The number of amides is 1. The first-order valence-corrected chi connectivity index (χ1v) is 7.39.